The Hall–Kier alpha value is -4.72. The Morgan fingerprint density at radius 2 is 1.68 bits per heavy atom. The number of ether oxygens (including phenoxy) is 1. The van der Waals surface area contributed by atoms with Gasteiger partial charge in [0.25, 0.3) is 0 Å². The van der Waals surface area contributed by atoms with E-state index in [1.54, 1.807) is 16.8 Å². The molecule has 0 aliphatic heterocycles. The second kappa shape index (κ2) is 12.3. The summed E-state index contributed by atoms with van der Waals surface area (Å²) in [5.74, 6) is -0.888. The number of nitrogens with zero attached hydrogens (tertiary/aromatic N) is 3. The van der Waals surface area contributed by atoms with Crippen molar-refractivity contribution in [2.24, 2.45) is 5.10 Å². The third-order valence-electron chi connectivity index (χ3n) is 5.56. The first-order valence-corrected chi connectivity index (χ1v) is 12.2. The van der Waals surface area contributed by atoms with E-state index in [9.17, 15) is 9.59 Å². The molecule has 8 nitrogen and oxygen atoms in total. The van der Waals surface area contributed by atoms with Gasteiger partial charge in [0, 0.05) is 23.0 Å². The number of amides is 2. The van der Waals surface area contributed by atoms with Crippen molar-refractivity contribution in [1.29, 1.82) is 0 Å². The predicted octanol–water partition coefficient (Wildman–Crippen LogP) is 4.98. The molecule has 4 aromatic rings. The van der Waals surface area contributed by atoms with Gasteiger partial charge in [0.15, 0.2) is 0 Å². The zero-order valence-corrected chi connectivity index (χ0v) is 20.8. The molecular weight excluding hydrogens is 466 g/mol. The standard InChI is InChI=1S/C29H29N5O3/c1-3-18-37-26-16-12-22(13-17-26)27-23(20-34(33-27)25-8-6-5-7-9-25)19-30-32-29(36)28(35)31-24-14-10-21(4-2)11-15-24/h5-17,19-20H,3-4,18H2,1-2H3,(H,31,35)(H,32,36)/b30-19-. The zero-order valence-electron chi connectivity index (χ0n) is 20.8. The van der Waals surface area contributed by atoms with E-state index < -0.39 is 11.8 Å². The molecular formula is C29H29N5O3. The van der Waals surface area contributed by atoms with Gasteiger partial charge >= 0.3 is 11.8 Å². The van der Waals surface area contributed by atoms with E-state index in [2.05, 4.69) is 22.8 Å². The van der Waals surface area contributed by atoms with Gasteiger partial charge in [0.05, 0.1) is 18.5 Å². The fourth-order valence-electron chi connectivity index (χ4n) is 3.57. The van der Waals surface area contributed by atoms with Gasteiger partial charge in [-0.25, -0.2) is 10.1 Å². The van der Waals surface area contributed by atoms with Crippen LogP contribution in [0, 0.1) is 0 Å². The van der Waals surface area contributed by atoms with Gasteiger partial charge in [-0.3, -0.25) is 9.59 Å². The Balaban J connectivity index is 1.50. The van der Waals surface area contributed by atoms with Crippen LogP contribution in [-0.4, -0.2) is 34.4 Å². The first kappa shape index (κ1) is 25.4. The molecule has 0 saturated heterocycles. The van der Waals surface area contributed by atoms with Crippen LogP contribution in [0.25, 0.3) is 16.9 Å². The average Bonchev–Trinajstić information content (AvgIpc) is 3.37. The molecule has 0 spiro atoms. The molecule has 37 heavy (non-hydrogen) atoms. The maximum absolute atomic E-state index is 12.3. The summed E-state index contributed by atoms with van der Waals surface area (Å²) < 4.78 is 7.42. The number of hydrogen-bond acceptors (Lipinski definition) is 5. The first-order chi connectivity index (χ1) is 18.1. The third-order valence-corrected chi connectivity index (χ3v) is 5.56. The van der Waals surface area contributed by atoms with E-state index in [1.807, 2.05) is 79.9 Å². The molecule has 0 saturated carbocycles. The second-order valence-electron chi connectivity index (χ2n) is 8.29. The van der Waals surface area contributed by atoms with E-state index in [-0.39, 0.29) is 0 Å². The fraction of sp³-hybridized carbons (Fsp3) is 0.172. The largest absolute Gasteiger partial charge is 0.494 e. The lowest BCUT2D eigenvalue weighted by atomic mass is 10.1. The number of hydrazone groups is 1. The Bertz CT molecular complexity index is 1360. The highest BCUT2D eigenvalue weighted by atomic mass is 16.5. The van der Waals surface area contributed by atoms with E-state index in [0.717, 1.165) is 35.4 Å². The molecule has 0 aliphatic carbocycles. The molecule has 2 amide bonds. The number of nitrogens with one attached hydrogen (secondary N) is 2. The van der Waals surface area contributed by atoms with Crippen molar-refractivity contribution in [3.63, 3.8) is 0 Å². The molecule has 1 aromatic heterocycles. The van der Waals surface area contributed by atoms with E-state index in [0.29, 0.717) is 23.6 Å². The molecule has 3 aromatic carbocycles. The molecule has 0 unspecified atom stereocenters. The monoisotopic (exact) mass is 495 g/mol. The van der Waals surface area contributed by atoms with Crippen LogP contribution in [0.3, 0.4) is 0 Å². The second-order valence-corrected chi connectivity index (χ2v) is 8.29. The van der Waals surface area contributed by atoms with Crippen LogP contribution in [0.15, 0.2) is 90.2 Å². The number of anilines is 1. The highest BCUT2D eigenvalue weighted by molar-refractivity contribution is 6.39. The van der Waals surface area contributed by atoms with Crippen molar-refractivity contribution < 1.29 is 14.3 Å². The third kappa shape index (κ3) is 6.70. The summed E-state index contributed by atoms with van der Waals surface area (Å²) in [7, 11) is 0. The average molecular weight is 496 g/mol. The van der Waals surface area contributed by atoms with Crippen molar-refractivity contribution >= 4 is 23.7 Å². The predicted molar refractivity (Wildman–Crippen MR) is 145 cm³/mol. The number of aryl methyl sites for hydroxylation is 1. The number of rotatable bonds is 9. The summed E-state index contributed by atoms with van der Waals surface area (Å²) in [4.78, 5) is 24.6. The summed E-state index contributed by atoms with van der Waals surface area (Å²) in [6.07, 6.45) is 5.11. The van der Waals surface area contributed by atoms with Crippen molar-refractivity contribution in [2.45, 2.75) is 26.7 Å². The summed E-state index contributed by atoms with van der Waals surface area (Å²) in [5, 5.41) is 11.3. The maximum atomic E-state index is 12.3. The normalized spacial score (nSPS) is 10.9. The SMILES string of the molecule is CCCOc1ccc(-c2nn(-c3ccccc3)cc2/C=N\NC(=O)C(=O)Nc2ccc(CC)cc2)cc1. The Morgan fingerprint density at radius 1 is 0.946 bits per heavy atom. The molecule has 0 fully saturated rings. The fourth-order valence-corrected chi connectivity index (χ4v) is 3.57. The van der Waals surface area contributed by atoms with Crippen LogP contribution in [0.2, 0.25) is 0 Å². The molecule has 0 aliphatic rings. The van der Waals surface area contributed by atoms with Gasteiger partial charge in [0.2, 0.25) is 0 Å². The minimum Gasteiger partial charge on any atom is -0.494 e. The lowest BCUT2D eigenvalue weighted by molar-refractivity contribution is -0.136. The maximum Gasteiger partial charge on any atom is 0.329 e. The summed E-state index contributed by atoms with van der Waals surface area (Å²) in [5.41, 5.74) is 7.06. The Labute approximate surface area is 216 Å². The van der Waals surface area contributed by atoms with Gasteiger partial charge < -0.3 is 10.1 Å². The van der Waals surface area contributed by atoms with Gasteiger partial charge in [-0.05, 0) is 66.9 Å². The first-order valence-electron chi connectivity index (χ1n) is 12.2. The zero-order chi connectivity index (χ0) is 26.0. The minimum absolute atomic E-state index is 0.541. The van der Waals surface area contributed by atoms with E-state index in [1.165, 1.54) is 6.21 Å². The molecule has 4 rings (SSSR count). The van der Waals surface area contributed by atoms with Crippen molar-refractivity contribution in [3.8, 4) is 22.7 Å². The van der Waals surface area contributed by atoms with Crippen molar-refractivity contribution in [1.82, 2.24) is 15.2 Å². The van der Waals surface area contributed by atoms with Crippen LogP contribution in [0.1, 0.15) is 31.4 Å². The topological polar surface area (TPSA) is 97.6 Å². The molecule has 0 radical (unpaired) electrons. The van der Waals surface area contributed by atoms with Gasteiger partial charge in [-0.2, -0.15) is 10.2 Å². The molecule has 0 atom stereocenters. The van der Waals surface area contributed by atoms with E-state index >= 15 is 0 Å². The van der Waals surface area contributed by atoms with Gasteiger partial charge in [-0.15, -0.1) is 0 Å². The highest BCUT2D eigenvalue weighted by Gasteiger charge is 2.14. The summed E-state index contributed by atoms with van der Waals surface area (Å²) in [6, 6.07) is 24.6. The number of carbonyl (C=O) groups is 2. The number of hydrogen-bond donors (Lipinski definition) is 2. The van der Waals surface area contributed by atoms with Crippen LogP contribution in [-0.2, 0) is 16.0 Å². The molecule has 188 valence electrons. The van der Waals surface area contributed by atoms with Crippen molar-refractivity contribution in [3.05, 3.63) is 96.2 Å². The number of para-hydroxylation sites is 1. The van der Waals surface area contributed by atoms with E-state index in [4.69, 9.17) is 9.84 Å². The number of carbonyl (C=O) groups excluding carboxylic acids is 2. The van der Waals surface area contributed by atoms with Gasteiger partial charge in [0.1, 0.15) is 11.4 Å². The van der Waals surface area contributed by atoms with Crippen LogP contribution < -0.4 is 15.5 Å². The molecule has 0 bridgehead atoms. The molecule has 2 N–H and O–H groups in total. The van der Waals surface area contributed by atoms with Gasteiger partial charge in [-0.1, -0.05) is 44.2 Å². The Morgan fingerprint density at radius 3 is 2.35 bits per heavy atom. The quantitative estimate of drug-likeness (QED) is 0.194. The smallest absolute Gasteiger partial charge is 0.329 e. The molecule has 1 heterocycles. The number of aromatic nitrogens is 2. The summed E-state index contributed by atoms with van der Waals surface area (Å²) in [6.45, 7) is 4.75. The Kier molecular flexibility index (Phi) is 8.44. The number of benzene rings is 3. The highest BCUT2D eigenvalue weighted by Crippen LogP contribution is 2.25. The van der Waals surface area contributed by atoms with Crippen LogP contribution in [0.4, 0.5) is 5.69 Å². The van der Waals surface area contributed by atoms with Crippen molar-refractivity contribution in [2.75, 3.05) is 11.9 Å². The lowest BCUT2D eigenvalue weighted by Crippen LogP contribution is -2.32. The minimum atomic E-state index is -0.870. The summed E-state index contributed by atoms with van der Waals surface area (Å²) >= 11 is 0. The molecule has 8 heteroatoms. The lowest BCUT2D eigenvalue weighted by Gasteiger charge is -2.05. The van der Waals surface area contributed by atoms with Crippen LogP contribution in [0.5, 0.6) is 5.75 Å². The van der Waals surface area contributed by atoms with Crippen LogP contribution >= 0.6 is 0 Å².